The van der Waals surface area contributed by atoms with E-state index in [1.807, 2.05) is 32.0 Å². The molecule has 6 rings (SSSR count). The average molecular weight is 767 g/mol. The van der Waals surface area contributed by atoms with Gasteiger partial charge in [0.1, 0.15) is 29.6 Å². The number of hydrogen-bond acceptors (Lipinski definition) is 13. The summed E-state index contributed by atoms with van der Waals surface area (Å²) in [5.74, 6) is 0. The Balaban J connectivity index is 1.09. The first-order valence-electron chi connectivity index (χ1n) is 17.2. The lowest BCUT2D eigenvalue weighted by atomic mass is 10.1. The van der Waals surface area contributed by atoms with E-state index in [0.717, 1.165) is 34.8 Å². The number of pyridine rings is 1. The SMILES string of the molecule is CCN(CC)c1ccc2cc(/C=C/c3cc[n+](CCCn4cc(CO[C@H]5C(n6ccc(=O)[nH]c6=O)O[C@H](CO)[C@H]5O)nn4)c(S(=O)(=O)O)c3)c(=O)oc2c1. The van der Waals surface area contributed by atoms with Crippen LogP contribution >= 0.6 is 0 Å². The van der Waals surface area contributed by atoms with Crippen LogP contribution in [0.25, 0.3) is 23.1 Å². The van der Waals surface area contributed by atoms with Crippen LogP contribution < -0.4 is 26.3 Å². The Hall–Kier alpha value is -5.31. The first-order valence-corrected chi connectivity index (χ1v) is 18.6. The van der Waals surface area contributed by atoms with Gasteiger partial charge in [0.25, 0.3) is 5.56 Å². The molecule has 18 nitrogen and oxygen atoms in total. The lowest BCUT2D eigenvalue weighted by Gasteiger charge is -2.21. The summed E-state index contributed by atoms with van der Waals surface area (Å²) in [4.78, 5) is 40.9. The van der Waals surface area contributed by atoms with Crippen molar-refractivity contribution in [3.05, 3.63) is 109 Å². The van der Waals surface area contributed by atoms with Gasteiger partial charge in [-0.05, 0) is 43.7 Å². The molecule has 1 aliphatic rings. The Labute approximate surface area is 307 Å². The number of aliphatic hydroxyl groups excluding tert-OH is 2. The Kier molecular flexibility index (Phi) is 11.6. The summed E-state index contributed by atoms with van der Waals surface area (Å²) < 4.78 is 55.7. The Morgan fingerprint density at radius 1 is 1.09 bits per heavy atom. The molecular weight excluding hydrogens is 726 g/mol. The van der Waals surface area contributed by atoms with Crippen molar-refractivity contribution in [2.45, 2.75) is 69.5 Å². The van der Waals surface area contributed by atoms with E-state index in [2.05, 4.69) is 20.2 Å². The number of aromatic amines is 1. The molecule has 4 atom stereocenters. The second-order valence-corrected chi connectivity index (χ2v) is 13.9. The van der Waals surface area contributed by atoms with Gasteiger partial charge in [-0.1, -0.05) is 11.3 Å². The molecule has 1 aliphatic heterocycles. The molecule has 0 aliphatic carbocycles. The highest BCUT2D eigenvalue weighted by molar-refractivity contribution is 7.85. The molecule has 0 saturated carbocycles. The minimum atomic E-state index is -4.63. The van der Waals surface area contributed by atoms with Gasteiger partial charge in [-0.25, -0.2) is 9.59 Å². The number of fused-ring (bicyclic) bond motifs is 1. The number of benzene rings is 1. The maximum absolute atomic E-state index is 12.8. The van der Waals surface area contributed by atoms with Crippen LogP contribution in [0.2, 0.25) is 0 Å². The van der Waals surface area contributed by atoms with E-state index in [-0.39, 0.29) is 23.7 Å². The van der Waals surface area contributed by atoms with E-state index in [1.165, 1.54) is 33.8 Å². The van der Waals surface area contributed by atoms with Crippen LogP contribution in [0.3, 0.4) is 0 Å². The van der Waals surface area contributed by atoms with E-state index in [9.17, 15) is 37.6 Å². The first-order chi connectivity index (χ1) is 25.9. The van der Waals surface area contributed by atoms with Crippen molar-refractivity contribution in [3.8, 4) is 0 Å². The highest BCUT2D eigenvalue weighted by Gasteiger charge is 2.45. The monoisotopic (exact) mass is 766 g/mol. The van der Waals surface area contributed by atoms with Gasteiger partial charge in [0, 0.05) is 67.6 Å². The molecule has 4 N–H and O–H groups in total. The van der Waals surface area contributed by atoms with Gasteiger partial charge in [0.2, 0.25) is 0 Å². The molecular formula is C35H40N7O11S+. The molecule has 1 fully saturated rings. The molecule has 1 aromatic carbocycles. The van der Waals surface area contributed by atoms with Crippen molar-refractivity contribution in [3.63, 3.8) is 0 Å². The summed E-state index contributed by atoms with van der Waals surface area (Å²) >= 11 is 0. The summed E-state index contributed by atoms with van der Waals surface area (Å²) in [6.45, 7) is 5.50. The average Bonchev–Trinajstić information content (AvgIpc) is 3.73. The molecule has 54 heavy (non-hydrogen) atoms. The number of nitrogens with one attached hydrogen (secondary N) is 1. The number of hydrogen-bond donors (Lipinski definition) is 4. The predicted molar refractivity (Wildman–Crippen MR) is 193 cm³/mol. The third-order valence-electron chi connectivity index (χ3n) is 9.03. The van der Waals surface area contributed by atoms with E-state index in [1.54, 1.807) is 24.4 Å². The highest BCUT2D eigenvalue weighted by atomic mass is 32.2. The van der Waals surface area contributed by atoms with Crippen LogP contribution in [0, 0.1) is 0 Å². The summed E-state index contributed by atoms with van der Waals surface area (Å²) in [5.41, 5.74) is 0.524. The van der Waals surface area contributed by atoms with Gasteiger partial charge >= 0.3 is 26.5 Å². The third kappa shape index (κ3) is 8.56. The van der Waals surface area contributed by atoms with Gasteiger partial charge in [-0.2, -0.15) is 13.0 Å². The molecule has 1 saturated heterocycles. The van der Waals surface area contributed by atoms with Gasteiger partial charge in [-0.3, -0.25) is 23.6 Å². The number of nitrogens with zero attached hydrogens (tertiary/aromatic N) is 6. The van der Waals surface area contributed by atoms with Crippen LogP contribution in [-0.4, -0.2) is 85.7 Å². The Morgan fingerprint density at radius 2 is 1.89 bits per heavy atom. The van der Waals surface area contributed by atoms with Crippen molar-refractivity contribution in [2.24, 2.45) is 0 Å². The Bertz CT molecular complexity index is 2440. The highest BCUT2D eigenvalue weighted by Crippen LogP contribution is 2.31. The zero-order valence-electron chi connectivity index (χ0n) is 29.4. The fraction of sp³-hybridized carbons (Fsp3) is 0.371. The van der Waals surface area contributed by atoms with Gasteiger partial charge in [-0.15, -0.1) is 5.10 Å². The molecule has 0 spiro atoms. The zero-order valence-corrected chi connectivity index (χ0v) is 30.2. The van der Waals surface area contributed by atoms with Gasteiger partial charge in [0.15, 0.2) is 19.0 Å². The number of H-pyrrole nitrogens is 1. The molecule has 19 heteroatoms. The predicted octanol–water partition coefficient (Wildman–Crippen LogP) is 0.712. The minimum absolute atomic E-state index is 0.146. The van der Waals surface area contributed by atoms with Crippen LogP contribution in [0.1, 0.15) is 43.3 Å². The van der Waals surface area contributed by atoms with Gasteiger partial charge < -0.3 is 29.0 Å². The second kappa shape index (κ2) is 16.4. The van der Waals surface area contributed by atoms with E-state index in [4.69, 9.17) is 13.9 Å². The van der Waals surface area contributed by atoms with Crippen LogP contribution in [-0.2, 0) is 39.3 Å². The molecule has 0 bridgehead atoms. The summed E-state index contributed by atoms with van der Waals surface area (Å²) in [7, 11) is -4.63. The standard InChI is InChI=1S/C35H39N7O11S/c1-3-39(4-2)26-9-8-23-17-24(34(46)53-27(23)18-26)7-6-22-10-14-40(30(16-22)54(48,49)50)12-5-13-41-19-25(37-38-41)21-51-32-31(45)28(20-43)52-33(32)42-15-11-29(44)36-35(42)47/h6-11,14-19,28,31-33,43,45H,3-5,12-13,20-21H2,1-2H3,(H-,36,44,47,48,49,50)/p+1/t28-,31-,32-,33?/m1/s1. The molecule has 5 heterocycles. The topological polar surface area (TPSA) is 236 Å². The normalized spacial score (nSPS) is 18.9. The molecule has 4 aromatic heterocycles. The van der Waals surface area contributed by atoms with Crippen LogP contribution in [0.4, 0.5) is 5.69 Å². The van der Waals surface area contributed by atoms with Crippen molar-refractivity contribution in [2.75, 3.05) is 24.6 Å². The number of aromatic nitrogens is 6. The molecule has 1 unspecified atom stereocenters. The van der Waals surface area contributed by atoms with E-state index >= 15 is 0 Å². The molecule has 0 radical (unpaired) electrons. The summed E-state index contributed by atoms with van der Waals surface area (Å²) in [6, 6.07) is 11.4. The van der Waals surface area contributed by atoms with Crippen molar-refractivity contribution >= 4 is 38.9 Å². The molecule has 286 valence electrons. The number of aryl methyl sites for hydroxylation is 2. The van der Waals surface area contributed by atoms with E-state index < -0.39 is 58.1 Å². The quantitative estimate of drug-likeness (QED) is 0.0653. The van der Waals surface area contributed by atoms with E-state index in [0.29, 0.717) is 29.8 Å². The summed E-state index contributed by atoms with van der Waals surface area (Å²) in [6.07, 6.45) is 3.19. The number of rotatable bonds is 15. The minimum Gasteiger partial charge on any atom is -0.422 e. The number of anilines is 1. The smallest absolute Gasteiger partial charge is 0.355 e. The fourth-order valence-electron chi connectivity index (χ4n) is 6.24. The Morgan fingerprint density at radius 3 is 2.61 bits per heavy atom. The second-order valence-electron chi connectivity index (χ2n) is 12.5. The molecule has 5 aromatic rings. The lowest BCUT2D eigenvalue weighted by Crippen LogP contribution is -2.40. The largest absolute Gasteiger partial charge is 0.422 e. The lowest BCUT2D eigenvalue weighted by molar-refractivity contribution is -0.734. The van der Waals surface area contributed by atoms with Crippen molar-refractivity contribution in [1.29, 1.82) is 0 Å². The molecule has 0 amide bonds. The van der Waals surface area contributed by atoms with Crippen molar-refractivity contribution in [1.82, 2.24) is 24.5 Å². The van der Waals surface area contributed by atoms with Gasteiger partial charge in [0.05, 0.1) is 25.0 Å². The zero-order chi connectivity index (χ0) is 38.6. The van der Waals surface area contributed by atoms with Crippen LogP contribution in [0.5, 0.6) is 0 Å². The fourth-order valence-corrected chi connectivity index (χ4v) is 6.97. The maximum atomic E-state index is 12.8. The van der Waals surface area contributed by atoms with Crippen LogP contribution in [0.15, 0.2) is 84.9 Å². The summed E-state index contributed by atoms with van der Waals surface area (Å²) in [5, 5.41) is 28.8. The number of aliphatic hydroxyl groups is 2. The first kappa shape index (κ1) is 38.4. The number of ether oxygens (including phenoxy) is 2. The van der Waals surface area contributed by atoms with Crippen molar-refractivity contribution < 1.29 is 41.6 Å². The third-order valence-corrected chi connectivity index (χ3v) is 9.91. The maximum Gasteiger partial charge on any atom is 0.355 e.